The molecule has 1 amide bonds. The van der Waals surface area contributed by atoms with E-state index in [0.29, 0.717) is 16.9 Å². The van der Waals surface area contributed by atoms with Gasteiger partial charge in [0, 0.05) is 16.7 Å². The molecule has 144 valence electrons. The fourth-order valence-electron chi connectivity index (χ4n) is 3.23. The number of halogens is 1. The Morgan fingerprint density at radius 2 is 1.48 bits per heavy atom. The Bertz CT molecular complexity index is 1140. The number of rotatable bonds is 4. The first kappa shape index (κ1) is 18.9. The second-order valence-electron chi connectivity index (χ2n) is 6.62. The maximum atomic E-state index is 12.9. The molecule has 0 fully saturated rings. The predicted octanol–water partition coefficient (Wildman–Crippen LogP) is 4.52. The minimum atomic E-state index is -0.789. The molecule has 1 atom stereocenters. The molecule has 0 unspecified atom stereocenters. The number of carbonyl (C=O) groups excluding carboxylic acids is 3. The summed E-state index contributed by atoms with van der Waals surface area (Å²) in [5, 5.41) is 2.72. The quantitative estimate of drug-likeness (QED) is 0.541. The molecular weight excluding hydrogens is 390 g/mol. The predicted molar refractivity (Wildman–Crippen MR) is 110 cm³/mol. The van der Waals surface area contributed by atoms with Gasteiger partial charge in [-0.15, -0.1) is 0 Å². The highest BCUT2D eigenvalue weighted by atomic mass is 35.5. The highest BCUT2D eigenvalue weighted by molar-refractivity contribution is 6.41. The Labute approximate surface area is 172 Å². The van der Waals surface area contributed by atoms with Gasteiger partial charge in [0.05, 0.1) is 16.3 Å². The molecular formula is C23H16ClNO4. The number of hydrogen-bond acceptors (Lipinski definition) is 4. The van der Waals surface area contributed by atoms with E-state index >= 15 is 0 Å². The van der Waals surface area contributed by atoms with Crippen molar-refractivity contribution in [2.75, 3.05) is 5.32 Å². The number of ketones is 2. The van der Waals surface area contributed by atoms with Crippen LogP contribution in [0.2, 0.25) is 5.02 Å². The summed E-state index contributed by atoms with van der Waals surface area (Å²) in [5.74, 6) is -0.476. The van der Waals surface area contributed by atoms with Crippen molar-refractivity contribution >= 4 is 34.8 Å². The number of hydrogen-bond donors (Lipinski definition) is 1. The molecule has 5 nitrogen and oxygen atoms in total. The Balaban J connectivity index is 1.61. The van der Waals surface area contributed by atoms with Crippen LogP contribution in [0.3, 0.4) is 0 Å². The number of carbonyl (C=O) groups is 3. The van der Waals surface area contributed by atoms with Gasteiger partial charge in [0.2, 0.25) is 0 Å². The summed E-state index contributed by atoms with van der Waals surface area (Å²) >= 11 is 6.43. The first-order chi connectivity index (χ1) is 14.0. The fraction of sp³-hybridized carbons (Fsp3) is 0.0870. The number of anilines is 1. The van der Waals surface area contributed by atoms with Crippen LogP contribution in [-0.4, -0.2) is 23.6 Å². The second-order valence-corrected chi connectivity index (χ2v) is 6.99. The molecule has 0 saturated heterocycles. The molecule has 0 bridgehead atoms. The zero-order valence-corrected chi connectivity index (χ0v) is 16.2. The van der Waals surface area contributed by atoms with Gasteiger partial charge in [0.25, 0.3) is 5.91 Å². The lowest BCUT2D eigenvalue weighted by atomic mass is 9.84. The van der Waals surface area contributed by atoms with Gasteiger partial charge >= 0.3 is 0 Å². The minimum Gasteiger partial charge on any atom is -0.481 e. The Hall–Kier alpha value is -3.44. The monoisotopic (exact) mass is 405 g/mol. The molecule has 0 heterocycles. The van der Waals surface area contributed by atoms with E-state index in [2.05, 4.69) is 5.32 Å². The Morgan fingerprint density at radius 3 is 2.17 bits per heavy atom. The van der Waals surface area contributed by atoms with Crippen LogP contribution in [0.1, 0.15) is 38.8 Å². The molecule has 1 N–H and O–H groups in total. The van der Waals surface area contributed by atoms with Crippen molar-refractivity contribution in [1.82, 2.24) is 0 Å². The third kappa shape index (κ3) is 3.41. The molecule has 4 rings (SSSR count). The molecule has 0 aliphatic heterocycles. The summed E-state index contributed by atoms with van der Waals surface area (Å²) in [5.41, 5.74) is 1.23. The van der Waals surface area contributed by atoms with Crippen molar-refractivity contribution < 1.29 is 19.1 Å². The topological polar surface area (TPSA) is 72.5 Å². The largest absolute Gasteiger partial charge is 0.481 e. The summed E-state index contributed by atoms with van der Waals surface area (Å²) < 4.78 is 5.61. The number of benzene rings is 3. The number of ether oxygens (including phenoxy) is 1. The number of nitrogens with one attached hydrogen (secondary N) is 1. The molecule has 1 aliphatic rings. The summed E-state index contributed by atoms with van der Waals surface area (Å²) in [7, 11) is 0. The third-order valence-corrected chi connectivity index (χ3v) is 5.11. The molecule has 1 aliphatic carbocycles. The van der Waals surface area contributed by atoms with E-state index in [-0.39, 0.29) is 33.4 Å². The number of para-hydroxylation sites is 1. The number of fused-ring (bicyclic) bond motifs is 2. The Morgan fingerprint density at radius 1 is 0.862 bits per heavy atom. The van der Waals surface area contributed by atoms with Gasteiger partial charge in [-0.3, -0.25) is 14.4 Å². The van der Waals surface area contributed by atoms with E-state index in [4.69, 9.17) is 16.3 Å². The van der Waals surface area contributed by atoms with E-state index in [1.54, 1.807) is 55.5 Å². The molecule has 29 heavy (non-hydrogen) atoms. The molecule has 3 aromatic carbocycles. The highest BCUT2D eigenvalue weighted by Gasteiger charge is 2.32. The first-order valence-corrected chi connectivity index (χ1v) is 9.38. The van der Waals surface area contributed by atoms with E-state index in [0.717, 1.165) is 0 Å². The van der Waals surface area contributed by atoms with Crippen molar-refractivity contribution in [2.45, 2.75) is 13.0 Å². The first-order valence-electron chi connectivity index (χ1n) is 9.01. The smallest absolute Gasteiger partial charge is 0.265 e. The van der Waals surface area contributed by atoms with Crippen LogP contribution in [0.25, 0.3) is 0 Å². The molecule has 6 heteroatoms. The highest BCUT2D eigenvalue weighted by Crippen LogP contribution is 2.36. The van der Waals surface area contributed by atoms with Gasteiger partial charge in [-0.25, -0.2) is 0 Å². The molecule has 0 spiro atoms. The van der Waals surface area contributed by atoms with E-state index in [9.17, 15) is 14.4 Å². The van der Waals surface area contributed by atoms with Crippen molar-refractivity contribution in [2.24, 2.45) is 0 Å². The van der Waals surface area contributed by atoms with Gasteiger partial charge in [0.15, 0.2) is 17.7 Å². The van der Waals surface area contributed by atoms with E-state index in [1.165, 1.54) is 12.1 Å². The fourth-order valence-corrected chi connectivity index (χ4v) is 3.53. The van der Waals surface area contributed by atoms with Gasteiger partial charge in [-0.1, -0.05) is 54.1 Å². The van der Waals surface area contributed by atoms with Gasteiger partial charge in [-0.05, 0) is 31.2 Å². The molecule has 0 radical (unpaired) electrons. The van der Waals surface area contributed by atoms with Crippen molar-refractivity contribution in [3.8, 4) is 5.75 Å². The number of amides is 1. The molecule has 3 aromatic rings. The van der Waals surface area contributed by atoms with E-state index < -0.39 is 12.0 Å². The Kier molecular flexibility index (Phi) is 4.91. The van der Waals surface area contributed by atoms with Crippen LogP contribution in [0.4, 0.5) is 5.69 Å². The van der Waals surface area contributed by atoms with E-state index in [1.807, 2.05) is 6.07 Å². The zero-order chi connectivity index (χ0) is 20.5. The van der Waals surface area contributed by atoms with Crippen LogP contribution >= 0.6 is 11.6 Å². The summed E-state index contributed by atoms with van der Waals surface area (Å²) in [4.78, 5) is 38.2. The standard InChI is InChI=1S/C23H16ClNO4/c1-13(29-14-7-3-2-4-8-14)23(28)25-18-12-11-17-19(20(18)24)22(27)16-10-6-5-9-15(16)21(17)26/h2-13H,1H3,(H,25,28)/t13-/m1/s1. The van der Waals surface area contributed by atoms with Gasteiger partial charge < -0.3 is 10.1 Å². The van der Waals surface area contributed by atoms with Crippen LogP contribution in [0.5, 0.6) is 5.75 Å². The lowest BCUT2D eigenvalue weighted by Crippen LogP contribution is -2.30. The molecule has 0 saturated carbocycles. The maximum absolute atomic E-state index is 12.9. The van der Waals surface area contributed by atoms with Crippen molar-refractivity contribution in [3.63, 3.8) is 0 Å². The van der Waals surface area contributed by atoms with Gasteiger partial charge in [0.1, 0.15) is 5.75 Å². The van der Waals surface area contributed by atoms with Gasteiger partial charge in [-0.2, -0.15) is 0 Å². The normalized spacial score (nSPS) is 13.3. The average Bonchev–Trinajstić information content (AvgIpc) is 2.74. The summed E-state index contributed by atoms with van der Waals surface area (Å²) in [6, 6.07) is 18.6. The van der Waals surface area contributed by atoms with Crippen LogP contribution in [-0.2, 0) is 4.79 Å². The summed E-state index contributed by atoms with van der Waals surface area (Å²) in [6.45, 7) is 1.61. The zero-order valence-electron chi connectivity index (χ0n) is 15.4. The minimum absolute atomic E-state index is 0.0376. The lowest BCUT2D eigenvalue weighted by Gasteiger charge is -2.21. The van der Waals surface area contributed by atoms with Crippen LogP contribution < -0.4 is 10.1 Å². The van der Waals surface area contributed by atoms with Crippen LogP contribution in [0, 0.1) is 0 Å². The third-order valence-electron chi connectivity index (χ3n) is 4.71. The SMILES string of the molecule is C[C@@H](Oc1ccccc1)C(=O)Nc1ccc2c(c1Cl)C(=O)c1ccccc1C2=O. The van der Waals surface area contributed by atoms with Crippen molar-refractivity contribution in [3.05, 3.63) is 94.0 Å². The second kappa shape index (κ2) is 7.53. The summed E-state index contributed by atoms with van der Waals surface area (Å²) in [6.07, 6.45) is -0.789. The molecule has 0 aromatic heterocycles. The average molecular weight is 406 g/mol. The maximum Gasteiger partial charge on any atom is 0.265 e. The lowest BCUT2D eigenvalue weighted by molar-refractivity contribution is -0.122. The van der Waals surface area contributed by atoms with Crippen LogP contribution in [0.15, 0.2) is 66.7 Å². The van der Waals surface area contributed by atoms with Crippen molar-refractivity contribution in [1.29, 1.82) is 0 Å².